The molecule has 5 nitrogen and oxygen atoms in total. The Morgan fingerprint density at radius 2 is 2.11 bits per heavy atom. The molecule has 1 saturated carbocycles. The van der Waals surface area contributed by atoms with E-state index in [0.717, 1.165) is 5.56 Å². The zero-order valence-corrected chi connectivity index (χ0v) is 11.3. The third-order valence-electron chi connectivity index (χ3n) is 3.07. The first-order valence-corrected chi connectivity index (χ1v) is 7.60. The van der Waals surface area contributed by atoms with Crippen LogP contribution < -0.4 is 5.32 Å². The Bertz CT molecular complexity index is 551. The van der Waals surface area contributed by atoms with Crippen LogP contribution in [-0.2, 0) is 21.3 Å². The summed E-state index contributed by atoms with van der Waals surface area (Å²) >= 11 is 0. The first-order valence-electron chi connectivity index (χ1n) is 5.88. The highest BCUT2D eigenvalue weighted by molar-refractivity contribution is 7.83. The van der Waals surface area contributed by atoms with Crippen LogP contribution in [0.1, 0.15) is 28.8 Å². The highest BCUT2D eigenvalue weighted by Crippen LogP contribution is 2.35. The lowest BCUT2D eigenvalue weighted by molar-refractivity contribution is -0.140. The molecule has 0 saturated heterocycles. The van der Waals surface area contributed by atoms with Crippen LogP contribution in [0.2, 0.25) is 0 Å². The number of aliphatic carboxylic acids is 1. The van der Waals surface area contributed by atoms with Crippen molar-refractivity contribution < 1.29 is 18.9 Å². The van der Waals surface area contributed by atoms with Gasteiger partial charge in [-0.3, -0.25) is 9.00 Å². The van der Waals surface area contributed by atoms with Gasteiger partial charge in [0.1, 0.15) is 5.54 Å². The van der Waals surface area contributed by atoms with Gasteiger partial charge in [0.25, 0.3) is 5.91 Å². The lowest BCUT2D eigenvalue weighted by Crippen LogP contribution is -2.43. The van der Waals surface area contributed by atoms with Crippen molar-refractivity contribution in [3.63, 3.8) is 0 Å². The SMILES string of the molecule is CS(=O)Cc1cccc(C(=O)NC2(C(=O)O)CC2)c1. The van der Waals surface area contributed by atoms with Gasteiger partial charge in [-0.2, -0.15) is 0 Å². The van der Waals surface area contributed by atoms with Crippen LogP contribution >= 0.6 is 0 Å². The van der Waals surface area contributed by atoms with Gasteiger partial charge >= 0.3 is 5.97 Å². The fraction of sp³-hybridized carbons (Fsp3) is 0.385. The second-order valence-electron chi connectivity index (χ2n) is 4.76. The molecule has 2 N–H and O–H groups in total. The number of carboxylic acids is 1. The maximum Gasteiger partial charge on any atom is 0.329 e. The van der Waals surface area contributed by atoms with E-state index >= 15 is 0 Å². The Kier molecular flexibility index (Phi) is 3.71. The second-order valence-corrected chi connectivity index (χ2v) is 6.19. The van der Waals surface area contributed by atoms with Crippen molar-refractivity contribution in [2.75, 3.05) is 6.26 Å². The van der Waals surface area contributed by atoms with E-state index in [1.807, 2.05) is 0 Å². The molecule has 0 aliphatic heterocycles. The molecular formula is C13H15NO4S. The molecule has 0 bridgehead atoms. The van der Waals surface area contributed by atoms with Crippen molar-refractivity contribution in [1.29, 1.82) is 0 Å². The van der Waals surface area contributed by atoms with Crippen molar-refractivity contribution >= 4 is 22.7 Å². The maximum absolute atomic E-state index is 12.0. The van der Waals surface area contributed by atoms with Crippen molar-refractivity contribution in [3.05, 3.63) is 35.4 Å². The summed E-state index contributed by atoms with van der Waals surface area (Å²) in [6.07, 6.45) is 2.52. The molecule has 6 heteroatoms. The number of carbonyl (C=O) groups is 2. The Balaban J connectivity index is 2.11. The predicted octanol–water partition coefficient (Wildman–Crippen LogP) is 0.912. The largest absolute Gasteiger partial charge is 0.480 e. The third kappa shape index (κ3) is 3.20. The summed E-state index contributed by atoms with van der Waals surface area (Å²) < 4.78 is 11.2. The fourth-order valence-corrected chi connectivity index (χ4v) is 2.49. The van der Waals surface area contributed by atoms with Gasteiger partial charge < -0.3 is 10.4 Å². The summed E-state index contributed by atoms with van der Waals surface area (Å²) in [5.41, 5.74) is 0.116. The van der Waals surface area contributed by atoms with Gasteiger partial charge in [0.2, 0.25) is 0 Å². The van der Waals surface area contributed by atoms with Crippen LogP contribution in [0.3, 0.4) is 0 Å². The normalized spacial score (nSPS) is 17.5. The van der Waals surface area contributed by atoms with Crippen molar-refractivity contribution in [1.82, 2.24) is 5.32 Å². The zero-order valence-electron chi connectivity index (χ0n) is 10.5. The summed E-state index contributed by atoms with van der Waals surface area (Å²) in [4.78, 5) is 23.0. The molecule has 1 atom stereocenters. The number of amides is 1. The molecule has 1 unspecified atom stereocenters. The van der Waals surface area contributed by atoms with Crippen LogP contribution in [0, 0.1) is 0 Å². The first-order chi connectivity index (χ1) is 8.93. The highest BCUT2D eigenvalue weighted by Gasteiger charge is 2.51. The lowest BCUT2D eigenvalue weighted by Gasteiger charge is -2.12. The number of nitrogens with one attached hydrogen (secondary N) is 1. The molecule has 102 valence electrons. The lowest BCUT2D eigenvalue weighted by atomic mass is 10.1. The Hall–Kier alpha value is -1.69. The molecule has 1 amide bonds. The summed E-state index contributed by atoms with van der Waals surface area (Å²) in [5.74, 6) is -1.01. The molecule has 2 rings (SSSR count). The van der Waals surface area contributed by atoms with E-state index in [2.05, 4.69) is 5.32 Å². The third-order valence-corrected chi connectivity index (χ3v) is 3.81. The van der Waals surface area contributed by atoms with Crippen molar-refractivity contribution in [3.8, 4) is 0 Å². The van der Waals surface area contributed by atoms with Crippen molar-refractivity contribution in [2.45, 2.75) is 24.1 Å². The summed E-state index contributed by atoms with van der Waals surface area (Å²) in [7, 11) is -0.978. The van der Waals surface area contributed by atoms with E-state index in [4.69, 9.17) is 5.11 Å². The smallest absolute Gasteiger partial charge is 0.329 e. The first kappa shape index (κ1) is 13.7. The fourth-order valence-electron chi connectivity index (χ4n) is 1.84. The Morgan fingerprint density at radius 3 is 2.63 bits per heavy atom. The molecule has 0 spiro atoms. The Labute approximate surface area is 113 Å². The van der Waals surface area contributed by atoms with E-state index in [-0.39, 0.29) is 0 Å². The molecule has 0 aromatic heterocycles. The minimum absolute atomic E-state index is 0.380. The standard InChI is InChI=1S/C13H15NO4S/c1-19(18)8-9-3-2-4-10(7-9)11(15)14-13(5-6-13)12(16)17/h2-4,7H,5-6,8H2,1H3,(H,14,15)(H,16,17). The number of benzene rings is 1. The maximum atomic E-state index is 12.0. The van der Waals surface area contributed by atoms with E-state index in [0.29, 0.717) is 24.2 Å². The van der Waals surface area contributed by atoms with Crippen LogP contribution in [0.5, 0.6) is 0 Å². The molecule has 1 fully saturated rings. The van der Waals surface area contributed by atoms with Gasteiger partial charge in [0, 0.05) is 28.4 Å². The molecule has 0 radical (unpaired) electrons. The van der Waals surface area contributed by atoms with Gasteiger partial charge in [-0.25, -0.2) is 4.79 Å². The van der Waals surface area contributed by atoms with Gasteiger partial charge in [0.05, 0.1) is 0 Å². The number of rotatable bonds is 5. The average Bonchev–Trinajstić information content (AvgIpc) is 3.09. The van der Waals surface area contributed by atoms with Crippen LogP contribution in [0.4, 0.5) is 0 Å². The minimum atomic E-state index is -1.08. The number of hydrogen-bond donors (Lipinski definition) is 2. The molecule has 1 aromatic carbocycles. The average molecular weight is 281 g/mol. The molecule has 1 aliphatic carbocycles. The van der Waals surface area contributed by atoms with Crippen LogP contribution in [0.15, 0.2) is 24.3 Å². The number of hydrogen-bond acceptors (Lipinski definition) is 3. The highest BCUT2D eigenvalue weighted by atomic mass is 32.2. The summed E-state index contributed by atoms with van der Waals surface area (Å²) in [6.45, 7) is 0. The number of carbonyl (C=O) groups excluding carboxylic acids is 1. The monoisotopic (exact) mass is 281 g/mol. The molecule has 19 heavy (non-hydrogen) atoms. The second kappa shape index (κ2) is 5.13. The summed E-state index contributed by atoms with van der Waals surface area (Å²) in [5, 5.41) is 11.6. The van der Waals surface area contributed by atoms with Gasteiger partial charge in [-0.1, -0.05) is 12.1 Å². The van der Waals surface area contributed by atoms with Crippen molar-refractivity contribution in [2.24, 2.45) is 0 Å². The molecular weight excluding hydrogens is 266 g/mol. The quantitative estimate of drug-likeness (QED) is 0.840. The van der Waals surface area contributed by atoms with E-state index in [1.54, 1.807) is 30.5 Å². The Morgan fingerprint density at radius 1 is 1.42 bits per heavy atom. The minimum Gasteiger partial charge on any atom is -0.480 e. The topological polar surface area (TPSA) is 83.5 Å². The van der Waals surface area contributed by atoms with E-state index < -0.39 is 28.2 Å². The molecule has 0 heterocycles. The molecule has 1 aliphatic rings. The van der Waals surface area contributed by atoms with E-state index in [1.165, 1.54) is 0 Å². The van der Waals surface area contributed by atoms with Gasteiger partial charge in [-0.05, 0) is 30.5 Å². The van der Waals surface area contributed by atoms with Crippen LogP contribution in [0.25, 0.3) is 0 Å². The predicted molar refractivity (Wildman–Crippen MR) is 71.3 cm³/mol. The molecule has 1 aromatic rings. The zero-order chi connectivity index (χ0) is 14.0. The van der Waals surface area contributed by atoms with Crippen LogP contribution in [-0.4, -0.2) is 33.0 Å². The summed E-state index contributed by atoms with van der Waals surface area (Å²) in [6, 6.07) is 6.77. The number of carboxylic acid groups (broad SMARTS) is 1. The van der Waals surface area contributed by atoms with E-state index in [9.17, 15) is 13.8 Å². The van der Waals surface area contributed by atoms with Gasteiger partial charge in [-0.15, -0.1) is 0 Å². The van der Waals surface area contributed by atoms with Gasteiger partial charge in [0.15, 0.2) is 0 Å².